The van der Waals surface area contributed by atoms with Gasteiger partial charge in [-0.15, -0.1) is 0 Å². The Balaban J connectivity index is 1.65. The number of halogens is 1. The number of amidine groups is 1. The minimum absolute atomic E-state index is 0.0523. The number of amides is 2. The molecule has 0 saturated carbocycles. The number of nitrogens with zero attached hydrogens (tertiary/aromatic N) is 2. The van der Waals surface area contributed by atoms with Crippen LogP contribution in [-0.2, 0) is 19.6 Å². The van der Waals surface area contributed by atoms with Gasteiger partial charge in [-0.25, -0.2) is 18.5 Å². The maximum Gasteiger partial charge on any atom is 0.272 e. The van der Waals surface area contributed by atoms with E-state index in [0.717, 1.165) is 17.3 Å². The van der Waals surface area contributed by atoms with E-state index in [2.05, 4.69) is 10.3 Å². The van der Waals surface area contributed by atoms with Gasteiger partial charge in [-0.3, -0.25) is 14.5 Å². The van der Waals surface area contributed by atoms with Crippen LogP contribution in [0.25, 0.3) is 5.57 Å². The molecule has 1 saturated heterocycles. The fourth-order valence-corrected chi connectivity index (χ4v) is 5.48. The zero-order chi connectivity index (χ0) is 24.9. The van der Waals surface area contributed by atoms with E-state index < -0.39 is 15.9 Å². The largest absolute Gasteiger partial charge is 0.321 e. The van der Waals surface area contributed by atoms with E-state index in [9.17, 15) is 18.0 Å². The molecule has 2 aliphatic rings. The van der Waals surface area contributed by atoms with E-state index in [-0.39, 0.29) is 21.3 Å². The molecule has 11 heteroatoms. The quantitative estimate of drug-likeness (QED) is 0.491. The number of nitrogens with two attached hydrogens (primary N) is 1. The number of primary sulfonamides is 1. The summed E-state index contributed by atoms with van der Waals surface area (Å²) in [5, 5.41) is 8.79. The molecule has 0 spiro atoms. The summed E-state index contributed by atoms with van der Waals surface area (Å²) in [5.74, 6) is -0.770. The minimum Gasteiger partial charge on any atom is -0.321 e. The van der Waals surface area contributed by atoms with Crippen molar-refractivity contribution in [2.45, 2.75) is 11.8 Å². The first-order chi connectivity index (χ1) is 16.6. The van der Waals surface area contributed by atoms with Gasteiger partial charge in [0.2, 0.25) is 10.0 Å². The van der Waals surface area contributed by atoms with Gasteiger partial charge in [-0.1, -0.05) is 23.2 Å². The standard InChI is InChI=1S/C24H17ClN4O4S2/c1-13-2-11-19-18(12-13)20(22(30)28-19)21-23(31)29(16-7-3-14(25)4-8-16)24(34-21)27-15-5-9-17(10-6-15)35(26,32)33/h2-12H,1H3,(H,28,30)(H2,26,32,33)/b21-20-,27-24-. The molecule has 35 heavy (non-hydrogen) atoms. The van der Waals surface area contributed by atoms with E-state index in [1.54, 1.807) is 30.3 Å². The van der Waals surface area contributed by atoms with Crippen molar-refractivity contribution in [3.63, 3.8) is 0 Å². The summed E-state index contributed by atoms with van der Waals surface area (Å²) < 4.78 is 23.1. The van der Waals surface area contributed by atoms with Crippen molar-refractivity contribution in [1.29, 1.82) is 0 Å². The molecule has 0 aromatic heterocycles. The first-order valence-electron chi connectivity index (χ1n) is 10.3. The smallest absolute Gasteiger partial charge is 0.272 e. The Labute approximate surface area is 210 Å². The number of benzene rings is 3. The normalized spacial score (nSPS) is 18.8. The number of aliphatic imine (C=N–C) groups is 1. The lowest BCUT2D eigenvalue weighted by atomic mass is 10.0. The molecule has 0 unspecified atom stereocenters. The van der Waals surface area contributed by atoms with Crippen LogP contribution in [0.1, 0.15) is 11.1 Å². The molecule has 2 amide bonds. The molecule has 3 N–H and O–H groups in total. The molecule has 0 bridgehead atoms. The van der Waals surface area contributed by atoms with Crippen LogP contribution in [0.4, 0.5) is 17.1 Å². The van der Waals surface area contributed by atoms with Gasteiger partial charge in [0.05, 0.1) is 26.7 Å². The molecule has 3 aromatic carbocycles. The molecule has 3 aromatic rings. The summed E-state index contributed by atoms with van der Waals surface area (Å²) in [6.45, 7) is 1.91. The zero-order valence-electron chi connectivity index (χ0n) is 18.2. The number of hydrogen-bond donors (Lipinski definition) is 2. The van der Waals surface area contributed by atoms with Crippen LogP contribution in [-0.4, -0.2) is 25.4 Å². The van der Waals surface area contributed by atoms with Crippen LogP contribution < -0.4 is 15.4 Å². The number of anilines is 2. The van der Waals surface area contributed by atoms with Crippen molar-refractivity contribution in [3.05, 3.63) is 87.8 Å². The highest BCUT2D eigenvalue weighted by molar-refractivity contribution is 8.19. The molecule has 2 heterocycles. The lowest BCUT2D eigenvalue weighted by molar-refractivity contribution is -0.114. The van der Waals surface area contributed by atoms with Gasteiger partial charge in [0.25, 0.3) is 11.8 Å². The third-order valence-electron chi connectivity index (χ3n) is 5.40. The highest BCUT2D eigenvalue weighted by atomic mass is 35.5. The number of hydrogen-bond acceptors (Lipinski definition) is 6. The van der Waals surface area contributed by atoms with E-state index in [1.165, 1.54) is 29.2 Å². The van der Waals surface area contributed by atoms with Crippen molar-refractivity contribution >= 4 is 73.0 Å². The van der Waals surface area contributed by atoms with Gasteiger partial charge in [-0.05, 0) is 79.3 Å². The Hall–Kier alpha value is -3.44. The average Bonchev–Trinajstić information content (AvgIpc) is 3.29. The van der Waals surface area contributed by atoms with Gasteiger partial charge >= 0.3 is 0 Å². The zero-order valence-corrected chi connectivity index (χ0v) is 20.5. The Bertz CT molecular complexity index is 1560. The van der Waals surface area contributed by atoms with E-state index in [1.807, 2.05) is 19.1 Å². The second-order valence-corrected chi connectivity index (χ2v) is 10.8. The van der Waals surface area contributed by atoms with Crippen LogP contribution in [0.2, 0.25) is 5.02 Å². The number of fused-ring (bicyclic) bond motifs is 1. The highest BCUT2D eigenvalue weighted by Crippen LogP contribution is 2.44. The topological polar surface area (TPSA) is 122 Å². The van der Waals surface area contributed by atoms with Gasteiger partial charge in [-0.2, -0.15) is 0 Å². The average molecular weight is 525 g/mol. The van der Waals surface area contributed by atoms with Crippen molar-refractivity contribution < 1.29 is 18.0 Å². The Morgan fingerprint density at radius 3 is 2.34 bits per heavy atom. The number of sulfonamides is 1. The monoisotopic (exact) mass is 524 g/mol. The summed E-state index contributed by atoms with van der Waals surface area (Å²) >= 11 is 7.10. The van der Waals surface area contributed by atoms with Gasteiger partial charge < -0.3 is 5.32 Å². The molecule has 0 radical (unpaired) electrons. The van der Waals surface area contributed by atoms with Crippen LogP contribution in [0.5, 0.6) is 0 Å². The molecule has 5 rings (SSSR count). The molecule has 0 aliphatic carbocycles. The van der Waals surface area contributed by atoms with Crippen molar-refractivity contribution in [2.75, 3.05) is 10.2 Å². The van der Waals surface area contributed by atoms with Gasteiger partial charge in [0.1, 0.15) is 0 Å². The summed E-state index contributed by atoms with van der Waals surface area (Å²) in [4.78, 5) is 32.7. The maximum absolute atomic E-state index is 13.7. The SMILES string of the molecule is Cc1ccc2c(c1)/C(=C1/S/C(=N\c3ccc(S(N)(=O)=O)cc3)N(c3ccc(Cl)cc3)C1=O)C(=O)N2. The number of aryl methyl sites for hydroxylation is 1. The third kappa shape index (κ3) is 4.37. The second kappa shape index (κ2) is 8.65. The predicted octanol–water partition coefficient (Wildman–Crippen LogP) is 4.43. The molecule has 176 valence electrons. The lowest BCUT2D eigenvalue weighted by Gasteiger charge is -2.16. The van der Waals surface area contributed by atoms with Crippen LogP contribution in [0.15, 0.2) is 81.5 Å². The fourth-order valence-electron chi connectivity index (χ4n) is 3.74. The molecule has 0 atom stereocenters. The molecule has 2 aliphatic heterocycles. The van der Waals surface area contributed by atoms with E-state index in [0.29, 0.717) is 32.8 Å². The van der Waals surface area contributed by atoms with Crippen LogP contribution in [0, 0.1) is 6.92 Å². The van der Waals surface area contributed by atoms with Crippen LogP contribution in [0.3, 0.4) is 0 Å². The molecule has 1 fully saturated rings. The number of carbonyl (C=O) groups excluding carboxylic acids is 2. The highest BCUT2D eigenvalue weighted by Gasteiger charge is 2.41. The lowest BCUT2D eigenvalue weighted by Crippen LogP contribution is -2.29. The molecular formula is C24H17ClN4O4S2. The number of rotatable bonds is 3. The first kappa shape index (κ1) is 23.3. The van der Waals surface area contributed by atoms with Gasteiger partial charge in [0, 0.05) is 16.3 Å². The van der Waals surface area contributed by atoms with E-state index in [4.69, 9.17) is 16.7 Å². The predicted molar refractivity (Wildman–Crippen MR) is 138 cm³/mol. The van der Waals surface area contributed by atoms with Crippen molar-refractivity contribution in [1.82, 2.24) is 0 Å². The van der Waals surface area contributed by atoms with Gasteiger partial charge in [0.15, 0.2) is 5.17 Å². The first-order valence-corrected chi connectivity index (χ1v) is 13.0. The molecule has 8 nitrogen and oxygen atoms in total. The number of nitrogens with one attached hydrogen (secondary N) is 1. The number of carbonyl (C=O) groups is 2. The minimum atomic E-state index is -3.85. The van der Waals surface area contributed by atoms with Crippen LogP contribution >= 0.6 is 23.4 Å². The third-order valence-corrected chi connectivity index (χ3v) is 7.62. The number of thioether (sulfide) groups is 1. The van der Waals surface area contributed by atoms with Crippen molar-refractivity contribution in [2.24, 2.45) is 10.1 Å². The summed E-state index contributed by atoms with van der Waals surface area (Å²) in [6, 6.07) is 17.9. The Morgan fingerprint density at radius 1 is 1.00 bits per heavy atom. The second-order valence-electron chi connectivity index (χ2n) is 7.86. The maximum atomic E-state index is 13.7. The molecular weight excluding hydrogens is 508 g/mol. The fraction of sp³-hybridized carbons (Fsp3) is 0.0417. The Morgan fingerprint density at radius 2 is 1.69 bits per heavy atom. The van der Waals surface area contributed by atoms with Crippen molar-refractivity contribution in [3.8, 4) is 0 Å². The summed E-state index contributed by atoms with van der Waals surface area (Å²) in [7, 11) is -3.85. The Kier molecular flexibility index (Phi) is 5.76. The summed E-state index contributed by atoms with van der Waals surface area (Å²) in [6.07, 6.45) is 0. The summed E-state index contributed by atoms with van der Waals surface area (Å²) in [5.41, 5.74) is 3.45. The van der Waals surface area contributed by atoms with E-state index >= 15 is 0 Å².